The fourth-order valence-corrected chi connectivity index (χ4v) is 2.59. The Kier molecular flexibility index (Phi) is 6.45. The highest BCUT2D eigenvalue weighted by Crippen LogP contribution is 2.24. The molecule has 6 heteroatoms. The third kappa shape index (κ3) is 7.68. The van der Waals surface area contributed by atoms with Crippen molar-refractivity contribution >= 4 is 12.1 Å². The molecule has 1 aliphatic rings. The molecule has 134 valence electrons. The number of esters is 1. The molecule has 1 saturated carbocycles. The van der Waals surface area contributed by atoms with Gasteiger partial charge in [0.05, 0.1) is 0 Å². The van der Waals surface area contributed by atoms with E-state index in [1.807, 2.05) is 41.5 Å². The zero-order valence-corrected chi connectivity index (χ0v) is 15.3. The van der Waals surface area contributed by atoms with Gasteiger partial charge >= 0.3 is 12.1 Å². The summed E-state index contributed by atoms with van der Waals surface area (Å²) in [5.41, 5.74) is 4.75. The number of nitrogens with zero attached hydrogens (tertiary/aromatic N) is 1. The summed E-state index contributed by atoms with van der Waals surface area (Å²) in [4.78, 5) is 26.2. The zero-order valence-electron chi connectivity index (χ0n) is 15.3. The molecule has 2 N–H and O–H groups in total. The van der Waals surface area contributed by atoms with Gasteiger partial charge < -0.3 is 15.2 Å². The maximum atomic E-state index is 12.5. The van der Waals surface area contributed by atoms with Crippen molar-refractivity contribution in [3.8, 4) is 0 Å². The summed E-state index contributed by atoms with van der Waals surface area (Å²) in [5.74, 6) is -0.418. The van der Waals surface area contributed by atoms with Crippen LogP contribution in [0.25, 0.3) is 0 Å². The average Bonchev–Trinajstić information content (AvgIpc) is 2.33. The molecule has 0 aliphatic heterocycles. The minimum absolute atomic E-state index is 0.0304. The number of amides is 1. The van der Waals surface area contributed by atoms with E-state index in [-0.39, 0.29) is 18.6 Å². The van der Waals surface area contributed by atoms with Crippen LogP contribution in [-0.4, -0.2) is 46.8 Å². The lowest BCUT2D eigenvalue weighted by Gasteiger charge is -2.36. The van der Waals surface area contributed by atoms with Crippen molar-refractivity contribution in [2.45, 2.75) is 90.5 Å². The number of carbonyl (C=O) groups is 2. The fourth-order valence-electron chi connectivity index (χ4n) is 2.59. The molecular weight excluding hydrogens is 296 g/mol. The van der Waals surface area contributed by atoms with Gasteiger partial charge in [0, 0.05) is 12.1 Å². The molecule has 0 aromatic carbocycles. The van der Waals surface area contributed by atoms with Crippen molar-refractivity contribution in [3.63, 3.8) is 0 Å². The Morgan fingerprint density at radius 1 is 0.957 bits per heavy atom. The number of nitrogens with two attached hydrogens (primary N) is 1. The Morgan fingerprint density at radius 3 is 1.87 bits per heavy atom. The van der Waals surface area contributed by atoms with Crippen LogP contribution < -0.4 is 5.73 Å². The molecule has 0 heterocycles. The normalized spacial score (nSPS) is 22.4. The fraction of sp³-hybridized carbons (Fsp3) is 0.882. The van der Waals surface area contributed by atoms with Crippen LogP contribution in [0.15, 0.2) is 0 Å². The highest BCUT2D eigenvalue weighted by Gasteiger charge is 2.33. The van der Waals surface area contributed by atoms with Crippen molar-refractivity contribution in [2.75, 3.05) is 6.54 Å². The Balaban J connectivity index is 2.79. The number of hydrogen-bond acceptors (Lipinski definition) is 5. The lowest BCUT2D eigenvalue weighted by molar-refractivity contribution is -0.156. The molecule has 0 bridgehead atoms. The maximum absolute atomic E-state index is 12.5. The van der Waals surface area contributed by atoms with Crippen molar-refractivity contribution < 1.29 is 19.1 Å². The van der Waals surface area contributed by atoms with Crippen LogP contribution in [0.2, 0.25) is 0 Å². The summed E-state index contributed by atoms with van der Waals surface area (Å²) >= 11 is 0. The first-order valence-corrected chi connectivity index (χ1v) is 8.34. The molecule has 0 aromatic rings. The van der Waals surface area contributed by atoms with E-state index in [1.54, 1.807) is 0 Å². The Hall–Kier alpha value is -1.30. The van der Waals surface area contributed by atoms with E-state index >= 15 is 0 Å². The quantitative estimate of drug-likeness (QED) is 0.806. The molecule has 6 nitrogen and oxygen atoms in total. The summed E-state index contributed by atoms with van der Waals surface area (Å²) in [6.45, 7) is 10.8. The van der Waals surface area contributed by atoms with Crippen LogP contribution in [0.1, 0.15) is 67.2 Å². The first-order chi connectivity index (χ1) is 10.4. The molecule has 1 rings (SSSR count). The first-order valence-electron chi connectivity index (χ1n) is 8.34. The Morgan fingerprint density at radius 2 is 1.43 bits per heavy atom. The van der Waals surface area contributed by atoms with Gasteiger partial charge in [-0.3, -0.25) is 9.69 Å². The summed E-state index contributed by atoms with van der Waals surface area (Å²) in [5, 5.41) is 0. The van der Waals surface area contributed by atoms with Gasteiger partial charge in [0.25, 0.3) is 0 Å². The van der Waals surface area contributed by atoms with Gasteiger partial charge in [0.15, 0.2) is 0 Å². The standard InChI is InChI=1S/C17H32N2O4/c1-16(2,3)22-14(20)11-19(15(21)23-17(4,5)6)13-9-7-12(18)8-10-13/h12-13H,7-11,18H2,1-6H3. The number of rotatable bonds is 3. The Bertz CT molecular complexity index is 415. The van der Waals surface area contributed by atoms with Crippen LogP contribution in [0.3, 0.4) is 0 Å². The largest absolute Gasteiger partial charge is 0.459 e. The molecule has 1 amide bonds. The summed E-state index contributed by atoms with van der Waals surface area (Å²) in [6, 6.07) is 0.144. The van der Waals surface area contributed by atoms with Crippen LogP contribution >= 0.6 is 0 Å². The first kappa shape index (κ1) is 19.7. The van der Waals surface area contributed by atoms with E-state index in [0.29, 0.717) is 0 Å². The maximum Gasteiger partial charge on any atom is 0.411 e. The molecular formula is C17H32N2O4. The SMILES string of the molecule is CC(C)(C)OC(=O)CN(C(=O)OC(C)(C)C)C1CCC(N)CC1. The summed E-state index contributed by atoms with van der Waals surface area (Å²) in [6.07, 6.45) is 2.78. The number of ether oxygens (including phenoxy) is 2. The molecule has 0 saturated heterocycles. The van der Waals surface area contributed by atoms with Gasteiger partial charge in [-0.15, -0.1) is 0 Å². The molecule has 1 aliphatic carbocycles. The van der Waals surface area contributed by atoms with E-state index in [9.17, 15) is 9.59 Å². The molecule has 0 spiro atoms. The minimum Gasteiger partial charge on any atom is -0.459 e. The molecule has 0 radical (unpaired) electrons. The lowest BCUT2D eigenvalue weighted by Crippen LogP contribution is -2.49. The average molecular weight is 328 g/mol. The molecule has 0 atom stereocenters. The third-order valence-corrected chi connectivity index (χ3v) is 3.53. The van der Waals surface area contributed by atoms with Crippen molar-refractivity contribution in [2.24, 2.45) is 5.73 Å². The highest BCUT2D eigenvalue weighted by atomic mass is 16.6. The van der Waals surface area contributed by atoms with E-state index < -0.39 is 23.3 Å². The second kappa shape index (κ2) is 7.51. The summed E-state index contributed by atoms with van der Waals surface area (Å²) < 4.78 is 10.8. The highest BCUT2D eigenvalue weighted by molar-refractivity contribution is 5.78. The van der Waals surface area contributed by atoms with Gasteiger partial charge in [-0.05, 0) is 67.2 Å². The molecule has 23 heavy (non-hydrogen) atoms. The lowest BCUT2D eigenvalue weighted by atomic mass is 9.91. The third-order valence-electron chi connectivity index (χ3n) is 3.53. The smallest absolute Gasteiger partial charge is 0.411 e. The van der Waals surface area contributed by atoms with Crippen molar-refractivity contribution in [3.05, 3.63) is 0 Å². The zero-order chi connectivity index (χ0) is 17.8. The summed E-state index contributed by atoms with van der Waals surface area (Å²) in [7, 11) is 0. The van der Waals surface area contributed by atoms with E-state index in [2.05, 4.69) is 0 Å². The van der Waals surface area contributed by atoms with Crippen LogP contribution in [0, 0.1) is 0 Å². The van der Waals surface area contributed by atoms with Gasteiger partial charge in [0.1, 0.15) is 17.7 Å². The Labute approximate surface area is 139 Å². The van der Waals surface area contributed by atoms with Crippen LogP contribution in [-0.2, 0) is 14.3 Å². The number of carbonyl (C=O) groups excluding carboxylic acids is 2. The van der Waals surface area contributed by atoms with E-state index in [0.717, 1.165) is 25.7 Å². The minimum atomic E-state index is -0.603. The molecule has 1 fully saturated rings. The second-order valence-corrected chi connectivity index (χ2v) is 8.26. The van der Waals surface area contributed by atoms with Gasteiger partial charge in [0.2, 0.25) is 0 Å². The van der Waals surface area contributed by atoms with Crippen LogP contribution in [0.4, 0.5) is 4.79 Å². The number of hydrogen-bond donors (Lipinski definition) is 1. The van der Waals surface area contributed by atoms with Crippen molar-refractivity contribution in [1.82, 2.24) is 4.90 Å². The molecule has 0 aromatic heterocycles. The molecule has 0 unspecified atom stereocenters. The van der Waals surface area contributed by atoms with E-state index in [4.69, 9.17) is 15.2 Å². The second-order valence-electron chi connectivity index (χ2n) is 8.26. The predicted molar refractivity (Wildman–Crippen MR) is 89.0 cm³/mol. The van der Waals surface area contributed by atoms with Gasteiger partial charge in [-0.25, -0.2) is 4.79 Å². The van der Waals surface area contributed by atoms with Gasteiger partial charge in [-0.2, -0.15) is 0 Å². The van der Waals surface area contributed by atoms with Crippen LogP contribution in [0.5, 0.6) is 0 Å². The monoisotopic (exact) mass is 328 g/mol. The van der Waals surface area contributed by atoms with Crippen molar-refractivity contribution in [1.29, 1.82) is 0 Å². The van der Waals surface area contributed by atoms with Gasteiger partial charge in [-0.1, -0.05) is 0 Å². The van der Waals surface area contributed by atoms with E-state index in [1.165, 1.54) is 4.90 Å². The predicted octanol–water partition coefficient (Wildman–Crippen LogP) is 2.84. The topological polar surface area (TPSA) is 81.9 Å².